The van der Waals surface area contributed by atoms with Crippen molar-refractivity contribution in [2.75, 3.05) is 6.54 Å². The molecule has 1 amide bonds. The van der Waals surface area contributed by atoms with Crippen LogP contribution in [0.15, 0.2) is 36.9 Å². The van der Waals surface area contributed by atoms with E-state index in [1.54, 1.807) is 12.5 Å². The zero-order valence-electron chi connectivity index (χ0n) is 14.7. The number of hydrogen-bond donors (Lipinski definition) is 1. The Labute approximate surface area is 151 Å². The molecule has 0 aliphatic rings. The number of rotatable bonds is 6. The molecule has 25 heavy (non-hydrogen) atoms. The van der Waals surface area contributed by atoms with Crippen LogP contribution < -0.4 is 5.32 Å². The molecule has 3 aromatic rings. The molecule has 5 nitrogen and oxygen atoms in total. The minimum absolute atomic E-state index is 0.0448. The third-order valence-corrected chi connectivity index (χ3v) is 5.24. The Morgan fingerprint density at radius 2 is 2.12 bits per heavy atom. The van der Waals surface area contributed by atoms with E-state index >= 15 is 0 Å². The highest BCUT2D eigenvalue weighted by Crippen LogP contribution is 2.30. The predicted molar refractivity (Wildman–Crippen MR) is 101 cm³/mol. The van der Waals surface area contributed by atoms with Crippen molar-refractivity contribution in [1.29, 1.82) is 0 Å². The molecule has 0 unspecified atom stereocenters. The molecular formula is C19H22N4OS. The molecule has 3 rings (SSSR count). The summed E-state index contributed by atoms with van der Waals surface area (Å²) in [6.45, 7) is 7.52. The second kappa shape index (κ2) is 7.61. The van der Waals surface area contributed by atoms with E-state index in [0.717, 1.165) is 29.2 Å². The number of aryl methyl sites for hydroxylation is 4. The van der Waals surface area contributed by atoms with E-state index in [1.165, 1.54) is 22.5 Å². The molecule has 0 bridgehead atoms. The fourth-order valence-corrected chi connectivity index (χ4v) is 3.81. The minimum Gasteiger partial charge on any atom is -0.351 e. The number of amides is 1. The third kappa shape index (κ3) is 4.14. The number of nitrogens with zero attached hydrogens (tertiary/aromatic N) is 3. The van der Waals surface area contributed by atoms with E-state index in [0.29, 0.717) is 11.4 Å². The van der Waals surface area contributed by atoms with Crippen molar-refractivity contribution in [2.45, 2.75) is 33.7 Å². The lowest BCUT2D eigenvalue weighted by atomic mass is 10.1. The number of carbonyl (C=O) groups excluding carboxylic acids is 1. The first-order valence-electron chi connectivity index (χ1n) is 8.33. The molecule has 0 fully saturated rings. The first-order chi connectivity index (χ1) is 12.0. The van der Waals surface area contributed by atoms with Gasteiger partial charge in [-0.05, 0) is 32.8 Å². The Kier molecular flexibility index (Phi) is 5.28. The maximum Gasteiger partial charge on any atom is 0.263 e. The van der Waals surface area contributed by atoms with Crippen molar-refractivity contribution in [2.24, 2.45) is 0 Å². The molecule has 0 spiro atoms. The zero-order valence-corrected chi connectivity index (χ0v) is 15.6. The van der Waals surface area contributed by atoms with Crippen molar-refractivity contribution in [1.82, 2.24) is 19.9 Å². The van der Waals surface area contributed by atoms with Crippen molar-refractivity contribution in [3.63, 3.8) is 0 Å². The van der Waals surface area contributed by atoms with Gasteiger partial charge in [0.1, 0.15) is 9.88 Å². The van der Waals surface area contributed by atoms with Crippen LogP contribution in [0.3, 0.4) is 0 Å². The highest BCUT2D eigenvalue weighted by molar-refractivity contribution is 7.17. The summed E-state index contributed by atoms with van der Waals surface area (Å²) in [6.07, 6.45) is 6.33. The smallest absolute Gasteiger partial charge is 0.263 e. The lowest BCUT2D eigenvalue weighted by Gasteiger charge is -2.05. The van der Waals surface area contributed by atoms with Crippen LogP contribution in [0.5, 0.6) is 0 Å². The largest absolute Gasteiger partial charge is 0.351 e. The third-order valence-electron chi connectivity index (χ3n) is 4.05. The molecule has 0 aliphatic heterocycles. The Morgan fingerprint density at radius 1 is 1.28 bits per heavy atom. The lowest BCUT2D eigenvalue weighted by Crippen LogP contribution is -2.25. The van der Waals surface area contributed by atoms with Crippen LogP contribution in [0.1, 0.15) is 32.9 Å². The average Bonchev–Trinajstić information content (AvgIpc) is 3.21. The number of carbonyl (C=O) groups is 1. The number of benzene rings is 1. The lowest BCUT2D eigenvalue weighted by molar-refractivity contribution is 0.0956. The topological polar surface area (TPSA) is 59.8 Å². The van der Waals surface area contributed by atoms with Crippen molar-refractivity contribution < 1.29 is 4.79 Å². The maximum atomic E-state index is 12.5. The summed E-state index contributed by atoms with van der Waals surface area (Å²) in [7, 11) is 0. The van der Waals surface area contributed by atoms with Gasteiger partial charge in [0, 0.05) is 31.0 Å². The van der Waals surface area contributed by atoms with Gasteiger partial charge in [0.2, 0.25) is 0 Å². The number of nitrogens with one attached hydrogen (secondary N) is 1. The van der Waals surface area contributed by atoms with E-state index in [-0.39, 0.29) is 5.91 Å². The van der Waals surface area contributed by atoms with Crippen LogP contribution in [-0.2, 0) is 6.54 Å². The molecule has 0 atom stereocenters. The number of thiazole rings is 1. The predicted octanol–water partition coefficient (Wildman–Crippen LogP) is 3.75. The van der Waals surface area contributed by atoms with Crippen LogP contribution in [0.4, 0.5) is 0 Å². The van der Waals surface area contributed by atoms with Gasteiger partial charge in [0.25, 0.3) is 5.91 Å². The molecular weight excluding hydrogens is 332 g/mol. The zero-order chi connectivity index (χ0) is 17.8. The number of hydrogen-bond acceptors (Lipinski definition) is 4. The first kappa shape index (κ1) is 17.4. The summed E-state index contributed by atoms with van der Waals surface area (Å²) >= 11 is 1.46. The van der Waals surface area contributed by atoms with Gasteiger partial charge < -0.3 is 9.88 Å². The molecule has 0 saturated heterocycles. The average molecular weight is 354 g/mol. The molecule has 1 N–H and O–H groups in total. The van der Waals surface area contributed by atoms with Crippen LogP contribution in [0.2, 0.25) is 0 Å². The fourth-order valence-electron chi connectivity index (χ4n) is 2.74. The second-order valence-electron chi connectivity index (χ2n) is 6.16. The fraction of sp³-hybridized carbons (Fsp3) is 0.316. The van der Waals surface area contributed by atoms with Gasteiger partial charge in [-0.25, -0.2) is 9.97 Å². The van der Waals surface area contributed by atoms with Gasteiger partial charge in [-0.1, -0.05) is 23.8 Å². The van der Waals surface area contributed by atoms with E-state index in [4.69, 9.17) is 0 Å². The summed E-state index contributed by atoms with van der Waals surface area (Å²) in [6, 6.07) is 6.30. The first-order valence-corrected chi connectivity index (χ1v) is 9.15. The van der Waals surface area contributed by atoms with Gasteiger partial charge in [0.15, 0.2) is 0 Å². The van der Waals surface area contributed by atoms with Gasteiger partial charge in [-0.2, -0.15) is 0 Å². The molecule has 0 saturated carbocycles. The standard InChI is InChI=1S/C19H22N4OS/c1-13-5-6-16(14(2)11-13)19-22-15(3)17(25-19)18(24)21-7-4-9-23-10-8-20-12-23/h5-6,8,10-12H,4,7,9H2,1-3H3,(H,21,24). The van der Waals surface area contributed by atoms with Crippen molar-refractivity contribution in [3.8, 4) is 10.6 Å². The number of imidazole rings is 1. The van der Waals surface area contributed by atoms with Gasteiger partial charge in [-0.15, -0.1) is 11.3 Å². The Morgan fingerprint density at radius 3 is 2.84 bits per heavy atom. The Hall–Kier alpha value is -2.47. The molecule has 2 heterocycles. The minimum atomic E-state index is -0.0448. The normalized spacial score (nSPS) is 10.8. The van der Waals surface area contributed by atoms with E-state index in [9.17, 15) is 4.79 Å². The second-order valence-corrected chi connectivity index (χ2v) is 7.16. The van der Waals surface area contributed by atoms with Crippen LogP contribution in [0, 0.1) is 20.8 Å². The monoisotopic (exact) mass is 354 g/mol. The summed E-state index contributed by atoms with van der Waals surface area (Å²) in [5, 5.41) is 3.89. The highest BCUT2D eigenvalue weighted by atomic mass is 32.1. The van der Waals surface area contributed by atoms with Crippen LogP contribution in [-0.4, -0.2) is 27.0 Å². The summed E-state index contributed by atoms with van der Waals surface area (Å²) in [4.78, 5) is 21.8. The van der Waals surface area contributed by atoms with Crippen molar-refractivity contribution >= 4 is 17.2 Å². The molecule has 1 aromatic carbocycles. The highest BCUT2D eigenvalue weighted by Gasteiger charge is 2.16. The Bertz CT molecular complexity index is 868. The van der Waals surface area contributed by atoms with E-state index in [2.05, 4.69) is 47.3 Å². The van der Waals surface area contributed by atoms with E-state index < -0.39 is 0 Å². The maximum absolute atomic E-state index is 12.5. The van der Waals surface area contributed by atoms with Crippen LogP contribution in [0.25, 0.3) is 10.6 Å². The summed E-state index contributed by atoms with van der Waals surface area (Å²) < 4.78 is 2.00. The summed E-state index contributed by atoms with van der Waals surface area (Å²) in [5.74, 6) is -0.0448. The van der Waals surface area contributed by atoms with Gasteiger partial charge >= 0.3 is 0 Å². The van der Waals surface area contributed by atoms with Gasteiger partial charge in [-0.3, -0.25) is 4.79 Å². The molecule has 2 aromatic heterocycles. The van der Waals surface area contributed by atoms with Crippen LogP contribution >= 0.6 is 11.3 Å². The molecule has 0 radical (unpaired) electrons. The molecule has 0 aliphatic carbocycles. The van der Waals surface area contributed by atoms with Crippen molar-refractivity contribution in [3.05, 3.63) is 58.6 Å². The molecule has 130 valence electrons. The summed E-state index contributed by atoms with van der Waals surface area (Å²) in [5.41, 5.74) is 4.29. The van der Waals surface area contributed by atoms with E-state index in [1.807, 2.05) is 17.7 Å². The quantitative estimate of drug-likeness (QED) is 0.686. The molecule has 6 heteroatoms. The van der Waals surface area contributed by atoms with Gasteiger partial charge in [0.05, 0.1) is 12.0 Å². The SMILES string of the molecule is Cc1ccc(-c2nc(C)c(C(=O)NCCCn3ccnc3)s2)c(C)c1. The number of aromatic nitrogens is 3. The Balaban J connectivity index is 1.64.